The third kappa shape index (κ3) is 2.77. The molecule has 3 heteroatoms. The zero-order valence-corrected chi connectivity index (χ0v) is 9.75. The Balaban J connectivity index is 0.000000845. The van der Waals surface area contributed by atoms with Crippen molar-refractivity contribution >= 4 is 25.0 Å². The van der Waals surface area contributed by atoms with E-state index in [0.717, 1.165) is 30.1 Å². The summed E-state index contributed by atoms with van der Waals surface area (Å²) in [5.74, 6) is 4.14. The third-order valence-corrected chi connectivity index (χ3v) is 3.80. The molecule has 78 valence electrons. The normalized spacial score (nSPS) is 36.2. The summed E-state index contributed by atoms with van der Waals surface area (Å²) >= 11 is 4.19. The zero-order valence-electron chi connectivity index (χ0n) is 8.04. The molecular formula is C10H20ClNS. The molecule has 0 heterocycles. The molecule has 2 aliphatic rings. The second-order valence-electron chi connectivity index (χ2n) is 4.36. The van der Waals surface area contributed by atoms with Crippen LogP contribution in [0.1, 0.15) is 25.7 Å². The van der Waals surface area contributed by atoms with Gasteiger partial charge in [0, 0.05) is 12.3 Å². The van der Waals surface area contributed by atoms with Crippen molar-refractivity contribution in [3.05, 3.63) is 0 Å². The molecule has 0 aromatic heterocycles. The lowest BCUT2D eigenvalue weighted by atomic mass is 9.89. The van der Waals surface area contributed by atoms with E-state index in [2.05, 4.69) is 17.9 Å². The fourth-order valence-electron chi connectivity index (χ4n) is 2.99. The van der Waals surface area contributed by atoms with Crippen molar-refractivity contribution in [3.8, 4) is 0 Å². The van der Waals surface area contributed by atoms with Crippen LogP contribution in [0, 0.1) is 17.8 Å². The Labute approximate surface area is 92.9 Å². The molecule has 3 atom stereocenters. The molecule has 1 N–H and O–H groups in total. The van der Waals surface area contributed by atoms with Crippen LogP contribution in [0.15, 0.2) is 0 Å². The molecule has 13 heavy (non-hydrogen) atoms. The molecule has 0 spiro atoms. The van der Waals surface area contributed by atoms with Crippen molar-refractivity contribution in [2.45, 2.75) is 25.7 Å². The van der Waals surface area contributed by atoms with Gasteiger partial charge in [-0.1, -0.05) is 6.42 Å². The maximum absolute atomic E-state index is 4.19. The molecular weight excluding hydrogens is 202 g/mol. The highest BCUT2D eigenvalue weighted by Crippen LogP contribution is 2.47. The number of nitrogens with one attached hydrogen (secondary N) is 1. The predicted molar refractivity (Wildman–Crippen MR) is 62.9 cm³/mol. The van der Waals surface area contributed by atoms with Gasteiger partial charge >= 0.3 is 0 Å². The van der Waals surface area contributed by atoms with Crippen LogP contribution in [0.5, 0.6) is 0 Å². The molecule has 2 saturated carbocycles. The van der Waals surface area contributed by atoms with Crippen LogP contribution in [0.25, 0.3) is 0 Å². The van der Waals surface area contributed by atoms with E-state index < -0.39 is 0 Å². The van der Waals surface area contributed by atoms with Crippen LogP contribution >= 0.6 is 25.0 Å². The first kappa shape index (κ1) is 11.7. The predicted octanol–water partition coefficient (Wildman–Crippen LogP) is 2.36. The average Bonchev–Trinajstić information content (AvgIpc) is 2.65. The van der Waals surface area contributed by atoms with E-state index >= 15 is 0 Å². The fourth-order valence-corrected chi connectivity index (χ4v) is 3.15. The van der Waals surface area contributed by atoms with Crippen LogP contribution in [-0.2, 0) is 0 Å². The van der Waals surface area contributed by atoms with Gasteiger partial charge in [-0.05, 0) is 43.6 Å². The van der Waals surface area contributed by atoms with Gasteiger partial charge in [0.05, 0.1) is 0 Å². The number of fused-ring (bicyclic) bond motifs is 2. The monoisotopic (exact) mass is 221 g/mol. The first-order valence-corrected chi connectivity index (χ1v) is 5.85. The van der Waals surface area contributed by atoms with Gasteiger partial charge < -0.3 is 5.32 Å². The van der Waals surface area contributed by atoms with Crippen LogP contribution in [0.4, 0.5) is 0 Å². The zero-order chi connectivity index (χ0) is 8.39. The van der Waals surface area contributed by atoms with E-state index in [9.17, 15) is 0 Å². The van der Waals surface area contributed by atoms with E-state index in [-0.39, 0.29) is 12.4 Å². The molecule has 2 aliphatic carbocycles. The molecule has 2 bridgehead atoms. The van der Waals surface area contributed by atoms with Crippen molar-refractivity contribution in [1.29, 1.82) is 0 Å². The maximum atomic E-state index is 4.19. The van der Waals surface area contributed by atoms with Crippen molar-refractivity contribution in [2.75, 3.05) is 18.8 Å². The maximum Gasteiger partial charge on any atom is 0.00398 e. The summed E-state index contributed by atoms with van der Waals surface area (Å²) < 4.78 is 0. The van der Waals surface area contributed by atoms with Gasteiger partial charge in [-0.25, -0.2) is 0 Å². The Hall–Kier alpha value is 0.600. The van der Waals surface area contributed by atoms with E-state index in [1.54, 1.807) is 0 Å². The summed E-state index contributed by atoms with van der Waals surface area (Å²) in [7, 11) is 0. The largest absolute Gasteiger partial charge is 0.316 e. The van der Waals surface area contributed by atoms with Gasteiger partial charge in [0.15, 0.2) is 0 Å². The summed E-state index contributed by atoms with van der Waals surface area (Å²) in [6.07, 6.45) is 6.07. The standard InChI is InChI=1S/C10H19NS.ClH/c12-4-3-11-7-10-6-8-1-2-9(10)5-8;/h8-12H,1-7H2;1H. The highest BCUT2D eigenvalue weighted by molar-refractivity contribution is 7.80. The third-order valence-electron chi connectivity index (χ3n) is 3.58. The number of hydrogen-bond donors (Lipinski definition) is 2. The molecule has 0 radical (unpaired) electrons. The first-order chi connectivity index (χ1) is 5.90. The second-order valence-corrected chi connectivity index (χ2v) is 4.81. The van der Waals surface area contributed by atoms with Crippen molar-refractivity contribution in [2.24, 2.45) is 17.8 Å². The summed E-state index contributed by atoms with van der Waals surface area (Å²) in [6.45, 7) is 2.33. The van der Waals surface area contributed by atoms with Gasteiger partial charge in [0.25, 0.3) is 0 Å². The van der Waals surface area contributed by atoms with Gasteiger partial charge in [0.2, 0.25) is 0 Å². The summed E-state index contributed by atoms with van der Waals surface area (Å²) in [5, 5.41) is 3.49. The van der Waals surface area contributed by atoms with Crippen LogP contribution in [-0.4, -0.2) is 18.8 Å². The summed E-state index contributed by atoms with van der Waals surface area (Å²) in [5.41, 5.74) is 0. The molecule has 0 aliphatic heterocycles. The molecule has 2 fully saturated rings. The van der Waals surface area contributed by atoms with Crippen molar-refractivity contribution < 1.29 is 0 Å². The van der Waals surface area contributed by atoms with Crippen LogP contribution in [0.2, 0.25) is 0 Å². The number of thiol groups is 1. The molecule has 3 unspecified atom stereocenters. The molecule has 1 nitrogen and oxygen atoms in total. The SMILES string of the molecule is Cl.SCCNCC1CC2CCC1C2. The highest BCUT2D eigenvalue weighted by atomic mass is 35.5. The minimum absolute atomic E-state index is 0. The number of halogens is 1. The minimum atomic E-state index is 0. The lowest BCUT2D eigenvalue weighted by molar-refractivity contribution is 0.321. The quantitative estimate of drug-likeness (QED) is 0.549. The van der Waals surface area contributed by atoms with Crippen molar-refractivity contribution in [1.82, 2.24) is 5.32 Å². The topological polar surface area (TPSA) is 12.0 Å². The first-order valence-electron chi connectivity index (χ1n) is 5.21. The average molecular weight is 222 g/mol. The molecule has 0 aromatic carbocycles. The Kier molecular flexibility index (Phi) is 4.91. The highest BCUT2D eigenvalue weighted by Gasteiger charge is 2.38. The molecule has 0 aromatic rings. The summed E-state index contributed by atoms with van der Waals surface area (Å²) in [4.78, 5) is 0. The fraction of sp³-hybridized carbons (Fsp3) is 1.00. The van der Waals surface area contributed by atoms with Gasteiger partial charge in [-0.2, -0.15) is 12.6 Å². The Morgan fingerprint density at radius 2 is 2.08 bits per heavy atom. The number of hydrogen-bond acceptors (Lipinski definition) is 2. The Morgan fingerprint density at radius 3 is 2.62 bits per heavy atom. The van der Waals surface area contributed by atoms with E-state index in [1.807, 2.05) is 0 Å². The number of rotatable bonds is 4. The molecule has 0 saturated heterocycles. The van der Waals surface area contributed by atoms with Gasteiger partial charge in [-0.15, -0.1) is 12.4 Å². The molecule has 2 rings (SSSR count). The lowest BCUT2D eigenvalue weighted by Gasteiger charge is -2.21. The van der Waals surface area contributed by atoms with Gasteiger partial charge in [0.1, 0.15) is 0 Å². The molecule has 0 amide bonds. The van der Waals surface area contributed by atoms with Crippen LogP contribution < -0.4 is 5.32 Å². The Bertz CT molecular complexity index is 154. The second kappa shape index (κ2) is 5.47. The summed E-state index contributed by atoms with van der Waals surface area (Å²) in [6, 6.07) is 0. The smallest absolute Gasteiger partial charge is 0.00398 e. The minimum Gasteiger partial charge on any atom is -0.316 e. The van der Waals surface area contributed by atoms with Crippen LogP contribution in [0.3, 0.4) is 0 Å². The van der Waals surface area contributed by atoms with Crippen molar-refractivity contribution in [3.63, 3.8) is 0 Å². The van der Waals surface area contributed by atoms with E-state index in [4.69, 9.17) is 0 Å². The lowest BCUT2D eigenvalue weighted by Crippen LogP contribution is -2.27. The van der Waals surface area contributed by atoms with E-state index in [1.165, 1.54) is 32.2 Å². The van der Waals surface area contributed by atoms with E-state index in [0.29, 0.717) is 0 Å². The Morgan fingerprint density at radius 1 is 1.23 bits per heavy atom. The van der Waals surface area contributed by atoms with Gasteiger partial charge in [-0.3, -0.25) is 0 Å².